The number of amides is 1. The van der Waals surface area contributed by atoms with Gasteiger partial charge in [0, 0.05) is 26.2 Å². The minimum absolute atomic E-state index is 0.191. The molecule has 124 valence electrons. The van der Waals surface area contributed by atoms with Gasteiger partial charge in [0.25, 0.3) is 0 Å². The first-order valence-electron chi connectivity index (χ1n) is 8.65. The molecule has 0 aromatic heterocycles. The van der Waals surface area contributed by atoms with Gasteiger partial charge in [-0.3, -0.25) is 4.79 Å². The molecule has 0 aliphatic carbocycles. The summed E-state index contributed by atoms with van der Waals surface area (Å²) < 4.78 is 5.23. The standard InChI is InChI=1S/C17H34N2O2/c1-5-9-17(10-8-11-18-14-17)16(20)19(12-13-21-4)15(6-2)7-3/h15,18H,5-14H2,1-4H3. The zero-order chi connectivity index (χ0) is 15.7. The van der Waals surface area contributed by atoms with Crippen molar-refractivity contribution in [3.8, 4) is 0 Å². The molecule has 4 heteroatoms. The van der Waals surface area contributed by atoms with Crippen LogP contribution in [0.4, 0.5) is 0 Å². The Hall–Kier alpha value is -0.610. The van der Waals surface area contributed by atoms with E-state index in [0.29, 0.717) is 25.1 Å². The van der Waals surface area contributed by atoms with Crippen LogP contribution in [-0.4, -0.2) is 50.2 Å². The summed E-state index contributed by atoms with van der Waals surface area (Å²) >= 11 is 0. The Kier molecular flexibility index (Phi) is 8.27. The molecular formula is C17H34N2O2. The molecule has 1 saturated heterocycles. The van der Waals surface area contributed by atoms with E-state index in [1.807, 2.05) is 0 Å². The number of ether oxygens (including phenoxy) is 1. The predicted molar refractivity (Wildman–Crippen MR) is 87.4 cm³/mol. The highest BCUT2D eigenvalue weighted by Gasteiger charge is 2.42. The summed E-state index contributed by atoms with van der Waals surface area (Å²) in [5, 5.41) is 3.45. The van der Waals surface area contributed by atoms with Crippen LogP contribution in [0.5, 0.6) is 0 Å². The van der Waals surface area contributed by atoms with Crippen LogP contribution in [0, 0.1) is 5.41 Å². The van der Waals surface area contributed by atoms with Gasteiger partial charge in [-0.05, 0) is 38.6 Å². The number of nitrogens with zero attached hydrogens (tertiary/aromatic N) is 1. The third-order valence-corrected chi connectivity index (χ3v) is 4.83. The predicted octanol–water partition coefficient (Wildman–Crippen LogP) is 2.82. The van der Waals surface area contributed by atoms with Gasteiger partial charge in [0.05, 0.1) is 12.0 Å². The molecule has 0 aromatic rings. The zero-order valence-corrected chi connectivity index (χ0v) is 14.4. The molecule has 1 rings (SSSR count). The van der Waals surface area contributed by atoms with Gasteiger partial charge in [-0.25, -0.2) is 0 Å². The fourth-order valence-electron chi connectivity index (χ4n) is 3.62. The second kappa shape index (κ2) is 9.42. The monoisotopic (exact) mass is 298 g/mol. The van der Waals surface area contributed by atoms with Crippen LogP contribution in [0.25, 0.3) is 0 Å². The minimum atomic E-state index is -0.191. The fraction of sp³-hybridized carbons (Fsp3) is 0.941. The van der Waals surface area contributed by atoms with Crippen molar-refractivity contribution in [1.82, 2.24) is 10.2 Å². The number of piperidine rings is 1. The lowest BCUT2D eigenvalue weighted by Crippen LogP contribution is -2.55. The normalized spacial score (nSPS) is 22.5. The van der Waals surface area contributed by atoms with Gasteiger partial charge in [-0.1, -0.05) is 27.2 Å². The molecule has 1 aliphatic heterocycles. The number of methoxy groups -OCH3 is 1. The lowest BCUT2D eigenvalue weighted by molar-refractivity contribution is -0.147. The quantitative estimate of drug-likeness (QED) is 0.711. The Balaban J connectivity index is 2.93. The van der Waals surface area contributed by atoms with Crippen LogP contribution in [0.2, 0.25) is 0 Å². The zero-order valence-electron chi connectivity index (χ0n) is 14.4. The van der Waals surface area contributed by atoms with E-state index in [0.717, 1.165) is 51.6 Å². The van der Waals surface area contributed by atoms with E-state index in [-0.39, 0.29) is 5.41 Å². The minimum Gasteiger partial charge on any atom is -0.383 e. The summed E-state index contributed by atoms with van der Waals surface area (Å²) in [5.41, 5.74) is -0.191. The van der Waals surface area contributed by atoms with Crippen LogP contribution in [0.15, 0.2) is 0 Å². The molecule has 0 aromatic carbocycles. The summed E-state index contributed by atoms with van der Waals surface area (Å²) in [7, 11) is 1.71. The highest BCUT2D eigenvalue weighted by molar-refractivity contribution is 5.83. The maximum Gasteiger partial charge on any atom is 0.230 e. The molecule has 1 aliphatic rings. The molecule has 1 amide bonds. The molecule has 0 spiro atoms. The van der Waals surface area contributed by atoms with Crippen LogP contribution >= 0.6 is 0 Å². The summed E-state index contributed by atoms with van der Waals surface area (Å²) in [6, 6.07) is 0.336. The number of hydrogen-bond acceptors (Lipinski definition) is 3. The molecule has 1 unspecified atom stereocenters. The van der Waals surface area contributed by atoms with Gasteiger partial charge in [0.15, 0.2) is 0 Å². The van der Waals surface area contributed by atoms with Crippen LogP contribution in [0.1, 0.15) is 59.3 Å². The summed E-state index contributed by atoms with van der Waals surface area (Å²) in [6.45, 7) is 9.75. The largest absolute Gasteiger partial charge is 0.383 e. The van der Waals surface area contributed by atoms with Gasteiger partial charge < -0.3 is 15.0 Å². The molecule has 1 N–H and O–H groups in total. The molecule has 1 atom stereocenters. The van der Waals surface area contributed by atoms with E-state index in [1.54, 1.807) is 7.11 Å². The molecule has 0 radical (unpaired) electrons. The highest BCUT2D eigenvalue weighted by Crippen LogP contribution is 2.35. The van der Waals surface area contributed by atoms with Crippen molar-refractivity contribution in [3.63, 3.8) is 0 Å². The number of hydrogen-bond donors (Lipinski definition) is 1. The number of carbonyl (C=O) groups is 1. The van der Waals surface area contributed by atoms with Gasteiger partial charge in [-0.15, -0.1) is 0 Å². The van der Waals surface area contributed by atoms with E-state index in [2.05, 4.69) is 31.0 Å². The van der Waals surface area contributed by atoms with Crippen molar-refractivity contribution in [1.29, 1.82) is 0 Å². The van der Waals surface area contributed by atoms with E-state index in [4.69, 9.17) is 4.74 Å². The maximum absolute atomic E-state index is 13.3. The topological polar surface area (TPSA) is 41.6 Å². The first kappa shape index (κ1) is 18.4. The molecule has 0 saturated carbocycles. The first-order valence-corrected chi connectivity index (χ1v) is 8.65. The van der Waals surface area contributed by atoms with E-state index in [1.165, 1.54) is 0 Å². The highest BCUT2D eigenvalue weighted by atomic mass is 16.5. The van der Waals surface area contributed by atoms with Crippen molar-refractivity contribution in [2.45, 2.75) is 65.3 Å². The Morgan fingerprint density at radius 2 is 2.05 bits per heavy atom. The summed E-state index contributed by atoms with van der Waals surface area (Å²) in [5.74, 6) is 0.349. The SMILES string of the molecule is CCCC1(C(=O)N(CCOC)C(CC)CC)CCCNC1. The average molecular weight is 298 g/mol. The van der Waals surface area contributed by atoms with Gasteiger partial charge >= 0.3 is 0 Å². The second-order valence-electron chi connectivity index (χ2n) is 6.27. The Morgan fingerprint density at radius 3 is 2.52 bits per heavy atom. The Morgan fingerprint density at radius 1 is 1.33 bits per heavy atom. The molecule has 1 fully saturated rings. The van der Waals surface area contributed by atoms with Crippen molar-refractivity contribution in [2.75, 3.05) is 33.4 Å². The lowest BCUT2D eigenvalue weighted by Gasteiger charge is -2.42. The number of nitrogens with one attached hydrogen (secondary N) is 1. The molecule has 21 heavy (non-hydrogen) atoms. The van der Waals surface area contributed by atoms with Gasteiger partial charge in [-0.2, -0.15) is 0 Å². The summed E-state index contributed by atoms with van der Waals surface area (Å²) in [4.78, 5) is 15.4. The van der Waals surface area contributed by atoms with Crippen molar-refractivity contribution in [2.24, 2.45) is 5.41 Å². The molecule has 1 heterocycles. The molecule has 0 bridgehead atoms. The van der Waals surface area contributed by atoms with E-state index >= 15 is 0 Å². The Bertz CT molecular complexity index is 292. The third-order valence-electron chi connectivity index (χ3n) is 4.83. The number of carbonyl (C=O) groups excluding carboxylic acids is 1. The molecule has 4 nitrogen and oxygen atoms in total. The van der Waals surface area contributed by atoms with Crippen molar-refractivity contribution < 1.29 is 9.53 Å². The first-order chi connectivity index (χ1) is 10.1. The van der Waals surface area contributed by atoms with Gasteiger partial charge in [0.1, 0.15) is 0 Å². The molecular weight excluding hydrogens is 264 g/mol. The van der Waals surface area contributed by atoms with Crippen molar-refractivity contribution in [3.05, 3.63) is 0 Å². The van der Waals surface area contributed by atoms with Crippen LogP contribution in [0.3, 0.4) is 0 Å². The smallest absolute Gasteiger partial charge is 0.230 e. The summed E-state index contributed by atoms with van der Waals surface area (Å²) in [6.07, 6.45) is 6.21. The lowest BCUT2D eigenvalue weighted by atomic mass is 9.75. The van der Waals surface area contributed by atoms with Crippen molar-refractivity contribution >= 4 is 5.91 Å². The fourth-order valence-corrected chi connectivity index (χ4v) is 3.62. The number of rotatable bonds is 9. The average Bonchev–Trinajstić information content (AvgIpc) is 2.52. The Labute approximate surface area is 130 Å². The van der Waals surface area contributed by atoms with Crippen LogP contribution < -0.4 is 5.32 Å². The van der Waals surface area contributed by atoms with E-state index in [9.17, 15) is 4.79 Å². The second-order valence-corrected chi connectivity index (χ2v) is 6.27. The van der Waals surface area contributed by atoms with Gasteiger partial charge in [0.2, 0.25) is 5.91 Å². The van der Waals surface area contributed by atoms with Crippen LogP contribution in [-0.2, 0) is 9.53 Å². The maximum atomic E-state index is 13.3. The van der Waals surface area contributed by atoms with E-state index < -0.39 is 0 Å². The third kappa shape index (κ3) is 4.68.